The lowest BCUT2D eigenvalue weighted by atomic mass is 10.2. The lowest BCUT2D eigenvalue weighted by Gasteiger charge is -2.03. The molecular weight excluding hydrogens is 388 g/mol. The van der Waals surface area contributed by atoms with Gasteiger partial charge in [-0.25, -0.2) is 9.97 Å². The Morgan fingerprint density at radius 1 is 1.20 bits per heavy atom. The smallest absolute Gasteiger partial charge is 0.227 e. The number of benzene rings is 1. The summed E-state index contributed by atoms with van der Waals surface area (Å²) in [4.78, 5) is 28.9. The van der Waals surface area contributed by atoms with Crippen LogP contribution < -0.4 is 10.1 Å². The molecule has 0 fully saturated rings. The number of rotatable bonds is 8. The second-order valence-corrected chi connectivity index (χ2v) is 6.19. The number of nitrogens with one attached hydrogen (secondary N) is 2. The SMILES string of the molecule is COc1ccccc1-c1noc(CCC(=O)NCc2nc(-c3cnccn3)n[nH]2)n1. The molecule has 1 aromatic carbocycles. The summed E-state index contributed by atoms with van der Waals surface area (Å²) < 4.78 is 10.5. The first kappa shape index (κ1) is 19.2. The number of carbonyl (C=O) groups excluding carboxylic acids is 1. The van der Waals surface area contributed by atoms with Crippen LogP contribution in [0.3, 0.4) is 0 Å². The Morgan fingerprint density at radius 2 is 2.10 bits per heavy atom. The maximum Gasteiger partial charge on any atom is 0.227 e. The van der Waals surface area contributed by atoms with E-state index in [1.54, 1.807) is 25.7 Å². The summed E-state index contributed by atoms with van der Waals surface area (Å²) in [7, 11) is 1.58. The highest BCUT2D eigenvalue weighted by molar-refractivity contribution is 5.76. The number of ether oxygens (including phenoxy) is 1. The zero-order valence-electron chi connectivity index (χ0n) is 16.1. The van der Waals surface area contributed by atoms with E-state index in [-0.39, 0.29) is 18.9 Å². The van der Waals surface area contributed by atoms with E-state index in [4.69, 9.17) is 9.26 Å². The molecule has 1 amide bonds. The van der Waals surface area contributed by atoms with Gasteiger partial charge in [0.1, 0.15) is 17.3 Å². The van der Waals surface area contributed by atoms with Gasteiger partial charge in [0.2, 0.25) is 23.4 Å². The molecule has 3 heterocycles. The van der Waals surface area contributed by atoms with E-state index < -0.39 is 0 Å². The first-order valence-electron chi connectivity index (χ1n) is 9.13. The number of amides is 1. The van der Waals surface area contributed by atoms with Crippen LogP contribution in [0.5, 0.6) is 5.75 Å². The predicted molar refractivity (Wildman–Crippen MR) is 104 cm³/mol. The molecule has 0 aliphatic rings. The maximum atomic E-state index is 12.1. The molecule has 0 bridgehead atoms. The zero-order chi connectivity index (χ0) is 20.8. The Bertz CT molecular complexity index is 1130. The van der Waals surface area contributed by atoms with E-state index >= 15 is 0 Å². The van der Waals surface area contributed by atoms with E-state index in [9.17, 15) is 4.79 Å². The topological polar surface area (TPSA) is 145 Å². The number of hydrogen-bond donors (Lipinski definition) is 2. The standard InChI is InChI=1S/C19H18N8O3/c1-29-14-5-3-2-4-12(14)18-24-17(30-27-18)7-6-16(28)22-11-15-23-19(26-25-15)13-10-20-8-9-21-13/h2-5,8-10H,6-7,11H2,1H3,(H,22,28)(H,23,25,26). The van der Waals surface area contributed by atoms with Gasteiger partial charge >= 0.3 is 0 Å². The van der Waals surface area contributed by atoms with E-state index in [0.29, 0.717) is 41.2 Å². The van der Waals surface area contributed by atoms with Crippen molar-refractivity contribution >= 4 is 5.91 Å². The van der Waals surface area contributed by atoms with Crippen molar-refractivity contribution in [3.8, 4) is 28.7 Å². The van der Waals surface area contributed by atoms with Crippen molar-refractivity contribution in [1.82, 2.24) is 40.6 Å². The summed E-state index contributed by atoms with van der Waals surface area (Å²) in [6, 6.07) is 7.38. The van der Waals surface area contributed by atoms with Gasteiger partial charge in [-0.1, -0.05) is 17.3 Å². The van der Waals surface area contributed by atoms with Gasteiger partial charge in [-0.05, 0) is 12.1 Å². The van der Waals surface area contributed by atoms with Crippen LogP contribution in [0.4, 0.5) is 0 Å². The maximum absolute atomic E-state index is 12.1. The van der Waals surface area contributed by atoms with E-state index in [2.05, 4.69) is 40.6 Å². The number of aryl methyl sites for hydroxylation is 1. The number of methoxy groups -OCH3 is 1. The molecule has 3 aromatic heterocycles. The molecule has 0 radical (unpaired) electrons. The zero-order valence-corrected chi connectivity index (χ0v) is 16.1. The molecule has 4 rings (SSSR count). The third-order valence-electron chi connectivity index (χ3n) is 4.16. The molecule has 11 heteroatoms. The average Bonchev–Trinajstić information content (AvgIpc) is 3.47. The molecule has 0 spiro atoms. The van der Waals surface area contributed by atoms with Crippen molar-refractivity contribution in [3.63, 3.8) is 0 Å². The summed E-state index contributed by atoms with van der Waals surface area (Å²) in [5.74, 6) is 2.19. The van der Waals surface area contributed by atoms with E-state index in [1.807, 2.05) is 24.3 Å². The summed E-state index contributed by atoms with van der Waals surface area (Å²) in [6.45, 7) is 0.211. The van der Waals surface area contributed by atoms with Gasteiger partial charge in [0.25, 0.3) is 0 Å². The summed E-state index contributed by atoms with van der Waals surface area (Å²) >= 11 is 0. The third-order valence-corrected chi connectivity index (χ3v) is 4.16. The Morgan fingerprint density at radius 3 is 2.93 bits per heavy atom. The van der Waals surface area contributed by atoms with Crippen molar-refractivity contribution in [2.75, 3.05) is 7.11 Å². The fraction of sp³-hybridized carbons (Fsp3) is 0.211. The fourth-order valence-electron chi connectivity index (χ4n) is 2.69. The number of aromatic amines is 1. The molecule has 0 atom stereocenters. The lowest BCUT2D eigenvalue weighted by Crippen LogP contribution is -2.23. The van der Waals surface area contributed by atoms with Crippen LogP contribution >= 0.6 is 0 Å². The van der Waals surface area contributed by atoms with Crippen LogP contribution in [0.2, 0.25) is 0 Å². The number of nitrogens with zero attached hydrogens (tertiary/aromatic N) is 6. The van der Waals surface area contributed by atoms with E-state index in [0.717, 1.165) is 5.56 Å². The number of H-pyrrole nitrogens is 1. The minimum absolute atomic E-state index is 0.176. The molecule has 0 saturated carbocycles. The lowest BCUT2D eigenvalue weighted by molar-refractivity contribution is -0.121. The average molecular weight is 406 g/mol. The molecular formula is C19H18N8O3. The van der Waals surface area contributed by atoms with Crippen molar-refractivity contribution in [2.45, 2.75) is 19.4 Å². The molecule has 30 heavy (non-hydrogen) atoms. The van der Waals surface area contributed by atoms with Crippen molar-refractivity contribution in [3.05, 3.63) is 54.6 Å². The summed E-state index contributed by atoms with van der Waals surface area (Å²) in [5, 5.41) is 13.6. The molecule has 0 unspecified atom stereocenters. The van der Waals surface area contributed by atoms with Crippen LogP contribution in [0.1, 0.15) is 18.1 Å². The number of hydrogen-bond acceptors (Lipinski definition) is 9. The molecule has 2 N–H and O–H groups in total. The molecule has 0 aliphatic carbocycles. The molecule has 0 aliphatic heterocycles. The van der Waals surface area contributed by atoms with Crippen molar-refractivity contribution < 1.29 is 14.1 Å². The van der Waals surface area contributed by atoms with Gasteiger partial charge in [-0.15, -0.1) is 0 Å². The van der Waals surface area contributed by atoms with Crippen molar-refractivity contribution in [1.29, 1.82) is 0 Å². The highest BCUT2D eigenvalue weighted by Crippen LogP contribution is 2.27. The summed E-state index contributed by atoms with van der Waals surface area (Å²) in [6.07, 6.45) is 5.20. The highest BCUT2D eigenvalue weighted by atomic mass is 16.5. The van der Waals surface area contributed by atoms with Gasteiger partial charge in [-0.3, -0.25) is 14.9 Å². The summed E-state index contributed by atoms with van der Waals surface area (Å²) in [5.41, 5.74) is 1.28. The minimum atomic E-state index is -0.176. The monoisotopic (exact) mass is 406 g/mol. The molecule has 11 nitrogen and oxygen atoms in total. The largest absolute Gasteiger partial charge is 0.496 e. The predicted octanol–water partition coefficient (Wildman–Crippen LogP) is 1.57. The van der Waals surface area contributed by atoms with Gasteiger partial charge < -0.3 is 14.6 Å². The Labute approximate surface area is 170 Å². The number of para-hydroxylation sites is 1. The highest BCUT2D eigenvalue weighted by Gasteiger charge is 2.14. The van der Waals surface area contributed by atoms with Crippen LogP contribution in [0, 0.1) is 0 Å². The van der Waals surface area contributed by atoms with Crippen LogP contribution in [-0.4, -0.2) is 48.3 Å². The molecule has 152 valence electrons. The number of carbonyl (C=O) groups is 1. The molecule has 4 aromatic rings. The van der Waals surface area contributed by atoms with Crippen LogP contribution in [-0.2, 0) is 17.8 Å². The Kier molecular flexibility index (Phi) is 5.69. The first-order valence-corrected chi connectivity index (χ1v) is 9.13. The van der Waals surface area contributed by atoms with Crippen LogP contribution in [0.25, 0.3) is 22.9 Å². The van der Waals surface area contributed by atoms with Gasteiger partial charge in [0.15, 0.2) is 0 Å². The number of aromatic nitrogens is 7. The first-order chi connectivity index (χ1) is 14.7. The second-order valence-electron chi connectivity index (χ2n) is 6.19. The fourth-order valence-corrected chi connectivity index (χ4v) is 2.69. The van der Waals surface area contributed by atoms with Gasteiger partial charge in [0, 0.05) is 25.2 Å². The minimum Gasteiger partial charge on any atom is -0.496 e. The Balaban J connectivity index is 1.29. The normalized spacial score (nSPS) is 10.7. The third kappa shape index (κ3) is 4.46. The molecule has 0 saturated heterocycles. The van der Waals surface area contributed by atoms with Crippen molar-refractivity contribution in [2.24, 2.45) is 0 Å². The second kappa shape index (κ2) is 8.90. The quantitative estimate of drug-likeness (QED) is 0.445. The van der Waals surface area contributed by atoms with Crippen LogP contribution in [0.15, 0.2) is 47.4 Å². The van der Waals surface area contributed by atoms with Gasteiger partial charge in [-0.2, -0.15) is 10.1 Å². The Hall–Kier alpha value is -4.15. The van der Waals surface area contributed by atoms with Gasteiger partial charge in [0.05, 0.1) is 25.4 Å². The van der Waals surface area contributed by atoms with E-state index in [1.165, 1.54) is 0 Å².